The molecule has 1 aromatic heterocycles. The molecule has 3 heterocycles. The predicted molar refractivity (Wildman–Crippen MR) is 136 cm³/mol. The number of para-hydroxylation sites is 1. The number of hydrogen-bond donors (Lipinski definition) is 0. The van der Waals surface area contributed by atoms with Gasteiger partial charge in [-0.25, -0.2) is 0 Å². The molecule has 2 aromatic carbocycles. The second-order valence-electron chi connectivity index (χ2n) is 8.57. The van der Waals surface area contributed by atoms with Crippen LogP contribution < -0.4 is 0 Å². The van der Waals surface area contributed by atoms with Crippen molar-refractivity contribution in [3.8, 4) is 0 Å². The van der Waals surface area contributed by atoms with Crippen LogP contribution in [-0.2, 0) is 16.1 Å². The van der Waals surface area contributed by atoms with E-state index in [1.54, 1.807) is 11.0 Å². The van der Waals surface area contributed by atoms with Crippen LogP contribution in [0.5, 0.6) is 0 Å². The lowest BCUT2D eigenvalue weighted by atomic mass is 10.1. The van der Waals surface area contributed by atoms with Crippen LogP contribution in [0.3, 0.4) is 0 Å². The molecule has 0 N–H and O–H groups in total. The zero-order valence-corrected chi connectivity index (χ0v) is 20.1. The van der Waals surface area contributed by atoms with Gasteiger partial charge in [-0.3, -0.25) is 19.3 Å². The molecule has 174 valence electrons. The summed E-state index contributed by atoms with van der Waals surface area (Å²) in [4.78, 5) is 41.4. The first-order valence-corrected chi connectivity index (χ1v) is 12.5. The first kappa shape index (κ1) is 22.7. The van der Waals surface area contributed by atoms with Gasteiger partial charge in [-0.15, -0.1) is 0 Å². The lowest BCUT2D eigenvalue weighted by Gasteiger charge is -2.27. The van der Waals surface area contributed by atoms with Gasteiger partial charge in [0, 0.05) is 47.3 Å². The number of fused-ring (bicyclic) bond motifs is 1. The molecule has 0 unspecified atom stereocenters. The van der Waals surface area contributed by atoms with Crippen LogP contribution in [0.25, 0.3) is 17.0 Å². The number of piperidine rings is 1. The van der Waals surface area contributed by atoms with Crippen LogP contribution in [-0.4, -0.2) is 51.1 Å². The van der Waals surface area contributed by atoms with Gasteiger partial charge in [0.1, 0.15) is 6.54 Å². The normalized spacial score (nSPS) is 17.9. The van der Waals surface area contributed by atoms with Crippen LogP contribution in [0.2, 0.25) is 5.02 Å². The Morgan fingerprint density at radius 3 is 2.62 bits per heavy atom. The van der Waals surface area contributed by atoms with Gasteiger partial charge in [-0.05, 0) is 60.9 Å². The van der Waals surface area contributed by atoms with Crippen molar-refractivity contribution < 1.29 is 14.4 Å². The third-order valence-electron chi connectivity index (χ3n) is 6.22. The lowest BCUT2D eigenvalue weighted by molar-refractivity contribution is -0.136. The van der Waals surface area contributed by atoms with E-state index in [1.807, 2.05) is 54.7 Å². The van der Waals surface area contributed by atoms with E-state index in [-0.39, 0.29) is 12.5 Å². The third-order valence-corrected chi connectivity index (χ3v) is 7.37. The van der Waals surface area contributed by atoms with Crippen molar-refractivity contribution in [3.63, 3.8) is 0 Å². The summed E-state index contributed by atoms with van der Waals surface area (Å²) in [5, 5.41) is 1.27. The summed E-state index contributed by atoms with van der Waals surface area (Å²) >= 11 is 7.04. The van der Waals surface area contributed by atoms with Crippen molar-refractivity contribution in [2.75, 3.05) is 19.6 Å². The average molecular weight is 494 g/mol. The highest BCUT2D eigenvalue weighted by molar-refractivity contribution is 8.18. The number of carbonyl (C=O) groups excluding carboxylic acids is 3. The number of benzene rings is 2. The molecular weight excluding hydrogens is 470 g/mol. The zero-order valence-electron chi connectivity index (χ0n) is 18.6. The molecule has 2 aliphatic heterocycles. The third kappa shape index (κ3) is 4.63. The molecule has 0 bridgehead atoms. The maximum Gasteiger partial charge on any atom is 0.294 e. The van der Waals surface area contributed by atoms with Gasteiger partial charge in [0.2, 0.25) is 5.91 Å². The Morgan fingerprint density at radius 1 is 1.03 bits per heavy atom. The standard InChI is InChI=1S/C26H24ClN3O3S/c27-20-8-6-7-18(13-20)15-29-16-19(21-9-2-3-10-22(21)29)14-23-25(32)30(26(33)34-23)17-24(31)28-11-4-1-5-12-28/h2-3,6-10,13-14,16H,1,4-5,11-12,15,17H2/b23-14-. The SMILES string of the molecule is O=C(CN1C(=O)S/C(=C\c2cn(Cc3cccc(Cl)c3)c3ccccc23)C1=O)N1CCCCC1. The van der Waals surface area contributed by atoms with Crippen LogP contribution in [0.15, 0.2) is 59.6 Å². The summed E-state index contributed by atoms with van der Waals surface area (Å²) in [5.74, 6) is -0.576. The molecule has 3 aromatic rings. The summed E-state index contributed by atoms with van der Waals surface area (Å²) in [5.41, 5.74) is 2.94. The quantitative estimate of drug-likeness (QED) is 0.447. The molecule has 34 heavy (non-hydrogen) atoms. The summed E-state index contributed by atoms with van der Waals surface area (Å²) in [6, 6.07) is 15.7. The van der Waals surface area contributed by atoms with Crippen molar-refractivity contribution in [1.82, 2.24) is 14.4 Å². The van der Waals surface area contributed by atoms with Gasteiger partial charge in [-0.1, -0.05) is 41.9 Å². The number of thioether (sulfide) groups is 1. The molecule has 6 nitrogen and oxygen atoms in total. The lowest BCUT2D eigenvalue weighted by Crippen LogP contribution is -2.44. The summed E-state index contributed by atoms with van der Waals surface area (Å²) in [7, 11) is 0. The number of imide groups is 1. The van der Waals surface area contributed by atoms with Crippen molar-refractivity contribution >= 4 is 57.4 Å². The molecule has 0 atom stereocenters. The van der Waals surface area contributed by atoms with Crippen molar-refractivity contribution in [2.45, 2.75) is 25.8 Å². The number of nitrogens with zero attached hydrogens (tertiary/aromatic N) is 3. The fourth-order valence-electron chi connectivity index (χ4n) is 4.51. The van der Waals surface area contributed by atoms with E-state index in [0.717, 1.165) is 58.0 Å². The molecule has 5 rings (SSSR count). The van der Waals surface area contributed by atoms with E-state index in [4.69, 9.17) is 11.6 Å². The summed E-state index contributed by atoms with van der Waals surface area (Å²) in [6.45, 7) is 1.81. The van der Waals surface area contributed by atoms with E-state index in [1.165, 1.54) is 0 Å². The number of halogens is 1. The number of carbonyl (C=O) groups is 3. The van der Waals surface area contributed by atoms with Gasteiger partial charge in [-0.2, -0.15) is 0 Å². The Kier molecular flexibility index (Phi) is 6.48. The van der Waals surface area contributed by atoms with Crippen LogP contribution in [0.1, 0.15) is 30.4 Å². The Morgan fingerprint density at radius 2 is 1.82 bits per heavy atom. The summed E-state index contributed by atoms with van der Waals surface area (Å²) in [6.07, 6.45) is 6.78. The molecule has 0 saturated carbocycles. The first-order valence-electron chi connectivity index (χ1n) is 11.3. The molecule has 0 spiro atoms. The van der Waals surface area contributed by atoms with Gasteiger partial charge in [0.25, 0.3) is 11.1 Å². The Balaban J connectivity index is 1.40. The fraction of sp³-hybridized carbons (Fsp3) is 0.269. The molecular formula is C26H24ClN3O3S. The van der Waals surface area contributed by atoms with E-state index in [0.29, 0.717) is 29.6 Å². The molecule has 0 aliphatic carbocycles. The Hall–Kier alpha value is -3.03. The highest BCUT2D eigenvalue weighted by Gasteiger charge is 2.37. The van der Waals surface area contributed by atoms with Gasteiger partial charge in [0.15, 0.2) is 0 Å². The highest BCUT2D eigenvalue weighted by atomic mass is 35.5. The van der Waals surface area contributed by atoms with E-state index in [9.17, 15) is 14.4 Å². The Labute approximate surface area is 207 Å². The fourth-order valence-corrected chi connectivity index (χ4v) is 5.55. The second kappa shape index (κ2) is 9.68. The minimum atomic E-state index is -0.410. The number of rotatable bonds is 5. The minimum absolute atomic E-state index is 0.165. The minimum Gasteiger partial charge on any atom is -0.342 e. The number of hydrogen-bond acceptors (Lipinski definition) is 4. The second-order valence-corrected chi connectivity index (χ2v) is 10.00. The molecule has 0 radical (unpaired) electrons. The maximum atomic E-state index is 13.0. The van der Waals surface area contributed by atoms with Gasteiger partial charge < -0.3 is 9.47 Å². The van der Waals surface area contributed by atoms with Gasteiger partial charge >= 0.3 is 0 Å². The van der Waals surface area contributed by atoms with E-state index >= 15 is 0 Å². The van der Waals surface area contributed by atoms with Crippen LogP contribution in [0, 0.1) is 0 Å². The molecule has 3 amide bonds. The highest BCUT2D eigenvalue weighted by Crippen LogP contribution is 2.34. The van der Waals surface area contributed by atoms with Crippen LogP contribution >= 0.6 is 23.4 Å². The zero-order chi connectivity index (χ0) is 23.7. The average Bonchev–Trinajstić information content (AvgIpc) is 3.31. The number of amides is 3. The van der Waals surface area contributed by atoms with Crippen LogP contribution in [0.4, 0.5) is 4.79 Å². The topological polar surface area (TPSA) is 62.6 Å². The van der Waals surface area contributed by atoms with E-state index < -0.39 is 11.1 Å². The Bertz CT molecular complexity index is 1310. The molecule has 2 saturated heterocycles. The summed E-state index contributed by atoms with van der Waals surface area (Å²) < 4.78 is 2.11. The molecule has 2 aliphatic rings. The van der Waals surface area contributed by atoms with E-state index in [2.05, 4.69) is 4.57 Å². The van der Waals surface area contributed by atoms with Crippen molar-refractivity contribution in [2.24, 2.45) is 0 Å². The molecule has 2 fully saturated rings. The first-order chi connectivity index (χ1) is 16.5. The maximum absolute atomic E-state index is 13.0. The van der Waals surface area contributed by atoms with Crippen molar-refractivity contribution in [1.29, 1.82) is 0 Å². The van der Waals surface area contributed by atoms with Crippen molar-refractivity contribution in [3.05, 3.63) is 75.8 Å². The predicted octanol–water partition coefficient (Wildman–Crippen LogP) is 5.39. The monoisotopic (exact) mass is 493 g/mol. The largest absolute Gasteiger partial charge is 0.342 e. The molecule has 8 heteroatoms. The van der Waals surface area contributed by atoms with Gasteiger partial charge in [0.05, 0.1) is 4.91 Å². The number of likely N-dealkylation sites (tertiary alicyclic amines) is 1. The smallest absolute Gasteiger partial charge is 0.294 e. The number of aromatic nitrogens is 1.